The van der Waals surface area contributed by atoms with Crippen molar-refractivity contribution in [1.29, 1.82) is 0 Å². The second-order valence-corrected chi connectivity index (χ2v) is 8.19. The lowest BCUT2D eigenvalue weighted by Gasteiger charge is -2.46. The predicted octanol–water partition coefficient (Wildman–Crippen LogP) is 5.51. The summed E-state index contributed by atoms with van der Waals surface area (Å²) in [6.07, 6.45) is 6.12. The van der Waals surface area contributed by atoms with Crippen LogP contribution in [-0.2, 0) is 11.8 Å². The van der Waals surface area contributed by atoms with Crippen LogP contribution in [0.25, 0.3) is 6.08 Å². The van der Waals surface area contributed by atoms with Crippen LogP contribution in [0.2, 0.25) is 5.02 Å². The van der Waals surface area contributed by atoms with E-state index in [4.69, 9.17) is 16.3 Å². The average Bonchev–Trinajstić information content (AvgIpc) is 2.80. The topological polar surface area (TPSA) is 55.6 Å². The van der Waals surface area contributed by atoms with E-state index in [1.165, 1.54) is 0 Å². The largest absolute Gasteiger partial charge is 0.462 e. The second-order valence-electron chi connectivity index (χ2n) is 7.75. The van der Waals surface area contributed by atoms with Gasteiger partial charge in [0.2, 0.25) is 5.72 Å². The van der Waals surface area contributed by atoms with Gasteiger partial charge in [0.05, 0.1) is 10.3 Å². The quantitative estimate of drug-likeness (QED) is 0.390. The van der Waals surface area contributed by atoms with Crippen LogP contribution in [0.4, 0.5) is 11.4 Å². The molecule has 1 unspecified atom stereocenters. The monoisotopic (exact) mass is 396 g/mol. The minimum Gasteiger partial charge on any atom is -0.462 e. The maximum atomic E-state index is 11.3. The molecule has 2 aliphatic rings. The molecule has 2 aromatic rings. The van der Waals surface area contributed by atoms with Crippen LogP contribution in [0.15, 0.2) is 49.1 Å². The summed E-state index contributed by atoms with van der Waals surface area (Å²) in [4.78, 5) is 13.1. The number of likely N-dealkylation sites (N-methyl/N-ethyl adjacent to an activating group) is 1. The molecule has 0 bridgehead atoms. The Kier molecular flexibility index (Phi) is 4.05. The van der Waals surface area contributed by atoms with Crippen molar-refractivity contribution >= 4 is 29.1 Å². The van der Waals surface area contributed by atoms with E-state index in [0.29, 0.717) is 22.8 Å². The molecule has 5 nitrogen and oxygen atoms in total. The van der Waals surface area contributed by atoms with E-state index in [9.17, 15) is 10.1 Å². The number of nitrogens with zero attached hydrogens (tertiary/aromatic N) is 2. The number of fused-ring (bicyclic) bond motifs is 2. The highest BCUT2D eigenvalue weighted by Gasteiger charge is 2.57. The van der Waals surface area contributed by atoms with Gasteiger partial charge < -0.3 is 9.64 Å². The molecule has 0 saturated heterocycles. The van der Waals surface area contributed by atoms with Crippen LogP contribution in [0.1, 0.15) is 30.5 Å². The smallest absolute Gasteiger partial charge is 0.270 e. The molecule has 0 aliphatic carbocycles. The third kappa shape index (κ3) is 2.39. The first kappa shape index (κ1) is 18.6. The number of anilines is 1. The Balaban J connectivity index is 1.90. The van der Waals surface area contributed by atoms with Crippen molar-refractivity contribution in [1.82, 2.24) is 0 Å². The molecule has 0 radical (unpaired) electrons. The molecule has 0 fully saturated rings. The van der Waals surface area contributed by atoms with Gasteiger partial charge in [0.15, 0.2) is 0 Å². The molecule has 4 rings (SSSR count). The van der Waals surface area contributed by atoms with Gasteiger partial charge in [-0.25, -0.2) is 0 Å². The summed E-state index contributed by atoms with van der Waals surface area (Å²) in [5, 5.41) is 12.0. The molecule has 2 aliphatic heterocycles. The Morgan fingerprint density at radius 3 is 2.75 bits per heavy atom. The number of ether oxygens (including phenoxy) is 1. The molecule has 2 heterocycles. The van der Waals surface area contributed by atoms with Gasteiger partial charge in [-0.3, -0.25) is 10.1 Å². The highest BCUT2D eigenvalue weighted by atomic mass is 35.5. The second kappa shape index (κ2) is 6.11. The zero-order chi connectivity index (χ0) is 20.3. The van der Waals surface area contributed by atoms with Gasteiger partial charge >= 0.3 is 0 Å². The highest BCUT2D eigenvalue weighted by Crippen LogP contribution is 2.55. The summed E-state index contributed by atoms with van der Waals surface area (Å²) >= 11 is 6.27. The SMILES string of the molecule is C=CCc1cc([N+](=O)[O-])cc2c1OC1(C=C2)N(C)c2ccc(Cl)cc2C1(C)C. The summed E-state index contributed by atoms with van der Waals surface area (Å²) in [7, 11) is 2.00. The van der Waals surface area contributed by atoms with Crippen molar-refractivity contribution in [2.45, 2.75) is 31.4 Å². The standard InChI is InChI=1S/C22H21ClN2O3/c1-5-6-14-11-17(25(26)27)12-15-9-10-22(28-20(14)15)21(2,3)18-13-16(23)7-8-19(18)24(22)4/h5,7-13H,1,6H2,2-4H3. The molecular formula is C22H21ClN2O3. The van der Waals surface area contributed by atoms with E-state index in [1.54, 1.807) is 18.2 Å². The lowest BCUT2D eigenvalue weighted by molar-refractivity contribution is -0.385. The number of benzene rings is 2. The summed E-state index contributed by atoms with van der Waals surface area (Å²) in [5.74, 6) is 0.659. The Bertz CT molecular complexity index is 1040. The van der Waals surface area contributed by atoms with Crippen LogP contribution in [0, 0.1) is 10.1 Å². The maximum Gasteiger partial charge on any atom is 0.270 e. The molecule has 144 valence electrons. The molecule has 1 atom stereocenters. The summed E-state index contributed by atoms with van der Waals surface area (Å²) in [6.45, 7) is 8.03. The van der Waals surface area contributed by atoms with Crippen molar-refractivity contribution in [3.63, 3.8) is 0 Å². The number of hydrogen-bond donors (Lipinski definition) is 0. The molecule has 0 amide bonds. The number of non-ortho nitro benzene ring substituents is 1. The lowest BCUT2D eigenvalue weighted by atomic mass is 9.76. The van der Waals surface area contributed by atoms with Gasteiger partial charge in [-0.2, -0.15) is 0 Å². The molecule has 1 spiro atoms. The minimum atomic E-state index is -0.765. The first-order valence-corrected chi connectivity index (χ1v) is 9.43. The third-order valence-corrected chi connectivity index (χ3v) is 6.12. The van der Waals surface area contributed by atoms with Crippen molar-refractivity contribution < 1.29 is 9.66 Å². The highest BCUT2D eigenvalue weighted by molar-refractivity contribution is 6.30. The normalized spacial score (nSPS) is 21.2. The number of nitro groups is 1. The van der Waals surface area contributed by atoms with Crippen molar-refractivity contribution in [3.05, 3.63) is 80.9 Å². The van der Waals surface area contributed by atoms with Crippen molar-refractivity contribution in [3.8, 4) is 5.75 Å². The molecule has 0 saturated carbocycles. The van der Waals surface area contributed by atoms with Gasteiger partial charge in [0.25, 0.3) is 5.69 Å². The predicted molar refractivity (Wildman–Crippen MR) is 112 cm³/mol. The molecular weight excluding hydrogens is 376 g/mol. The molecule has 6 heteroatoms. The van der Waals surface area contributed by atoms with Gasteiger partial charge in [0, 0.05) is 41.0 Å². The molecule has 28 heavy (non-hydrogen) atoms. The van der Waals surface area contributed by atoms with Crippen LogP contribution in [0.3, 0.4) is 0 Å². The van der Waals surface area contributed by atoms with Gasteiger partial charge in [-0.05, 0) is 56.2 Å². The summed E-state index contributed by atoms with van der Waals surface area (Å²) in [6, 6.07) is 8.98. The van der Waals surface area contributed by atoms with E-state index >= 15 is 0 Å². The van der Waals surface area contributed by atoms with Gasteiger partial charge in [-0.15, -0.1) is 6.58 Å². The molecule has 2 aromatic carbocycles. The average molecular weight is 397 g/mol. The molecule has 0 aromatic heterocycles. The van der Waals surface area contributed by atoms with Crippen LogP contribution in [0.5, 0.6) is 5.75 Å². The number of nitro benzene ring substituents is 1. The van der Waals surface area contributed by atoms with E-state index in [1.807, 2.05) is 37.4 Å². The van der Waals surface area contributed by atoms with E-state index in [2.05, 4.69) is 25.3 Å². The van der Waals surface area contributed by atoms with E-state index in [-0.39, 0.29) is 10.6 Å². The van der Waals surface area contributed by atoms with Gasteiger partial charge in [0.1, 0.15) is 5.75 Å². The summed E-state index contributed by atoms with van der Waals surface area (Å²) < 4.78 is 6.67. The fraction of sp³-hybridized carbons (Fsp3) is 0.273. The van der Waals surface area contributed by atoms with Crippen LogP contribution < -0.4 is 9.64 Å². The third-order valence-electron chi connectivity index (χ3n) is 5.89. The van der Waals surface area contributed by atoms with Crippen LogP contribution in [-0.4, -0.2) is 17.7 Å². The first-order valence-electron chi connectivity index (χ1n) is 9.05. The van der Waals surface area contributed by atoms with Crippen molar-refractivity contribution in [2.24, 2.45) is 0 Å². The number of allylic oxidation sites excluding steroid dienone is 1. The zero-order valence-corrected chi connectivity index (χ0v) is 16.8. The Morgan fingerprint density at radius 1 is 1.32 bits per heavy atom. The summed E-state index contributed by atoms with van der Waals surface area (Å²) in [5.41, 5.74) is 2.49. The Hall–Kier alpha value is -2.79. The lowest BCUT2D eigenvalue weighted by Crippen LogP contribution is -2.58. The maximum absolute atomic E-state index is 11.3. The number of hydrogen-bond acceptors (Lipinski definition) is 4. The number of halogens is 1. The van der Waals surface area contributed by atoms with E-state index in [0.717, 1.165) is 16.8 Å². The zero-order valence-electron chi connectivity index (χ0n) is 16.0. The van der Waals surface area contributed by atoms with Gasteiger partial charge in [-0.1, -0.05) is 17.7 Å². The Labute approximate surface area is 169 Å². The van der Waals surface area contributed by atoms with E-state index < -0.39 is 11.1 Å². The fourth-order valence-electron chi connectivity index (χ4n) is 4.36. The number of rotatable bonds is 3. The fourth-order valence-corrected chi connectivity index (χ4v) is 4.53. The Morgan fingerprint density at radius 2 is 2.07 bits per heavy atom. The minimum absolute atomic E-state index is 0.0499. The van der Waals surface area contributed by atoms with Crippen LogP contribution >= 0.6 is 11.6 Å². The molecule has 0 N–H and O–H groups in total. The van der Waals surface area contributed by atoms with Crippen molar-refractivity contribution in [2.75, 3.05) is 11.9 Å². The first-order chi connectivity index (χ1) is 13.2.